The number of rotatable bonds is 5. The predicted octanol–water partition coefficient (Wildman–Crippen LogP) is 5.46. The number of hydrogen-bond acceptors (Lipinski definition) is 1. The molecule has 0 saturated heterocycles. The highest BCUT2D eigenvalue weighted by atomic mass is 31.1. The standard InChI is InChI=1S/C22H26NP/c1-6-16-24(20-12-8-7-9-13-20)17-18(2)21-14-10-11-15-22(21)19(3)23(4)5/h7-15,17,19H,1-5H3/t19-,24?/m1/s1. The lowest BCUT2D eigenvalue weighted by Crippen LogP contribution is -2.17. The lowest BCUT2D eigenvalue weighted by atomic mass is 9.97. The minimum atomic E-state index is -0.603. The smallest absolute Gasteiger partial charge is 0.0319 e. The van der Waals surface area contributed by atoms with Crippen molar-refractivity contribution in [1.29, 1.82) is 0 Å². The third-order valence-corrected chi connectivity index (χ3v) is 6.16. The summed E-state index contributed by atoms with van der Waals surface area (Å²) in [6, 6.07) is 19.7. The second-order valence-electron chi connectivity index (χ2n) is 6.11. The van der Waals surface area contributed by atoms with Crippen LogP contribution in [-0.4, -0.2) is 19.0 Å². The van der Waals surface area contributed by atoms with E-state index in [1.165, 1.54) is 22.0 Å². The normalized spacial score (nSPS) is 14.0. The fraction of sp³-hybridized carbons (Fsp3) is 0.273. The van der Waals surface area contributed by atoms with Crippen molar-refractivity contribution in [2.45, 2.75) is 26.8 Å². The van der Waals surface area contributed by atoms with Gasteiger partial charge in [-0.25, -0.2) is 0 Å². The lowest BCUT2D eigenvalue weighted by Gasteiger charge is -2.23. The minimum Gasteiger partial charge on any atom is -0.303 e. The Labute approximate surface area is 148 Å². The number of benzene rings is 2. The van der Waals surface area contributed by atoms with Crippen LogP contribution in [0.5, 0.6) is 0 Å². The Morgan fingerprint density at radius 3 is 2.29 bits per heavy atom. The van der Waals surface area contributed by atoms with Crippen molar-refractivity contribution in [3.63, 3.8) is 0 Å². The number of nitrogens with zero attached hydrogens (tertiary/aromatic N) is 1. The van der Waals surface area contributed by atoms with Crippen LogP contribution in [-0.2, 0) is 0 Å². The topological polar surface area (TPSA) is 3.24 Å². The van der Waals surface area contributed by atoms with Crippen LogP contribution in [0.25, 0.3) is 5.57 Å². The van der Waals surface area contributed by atoms with Gasteiger partial charge in [0.25, 0.3) is 0 Å². The van der Waals surface area contributed by atoms with Gasteiger partial charge in [0.05, 0.1) is 0 Å². The van der Waals surface area contributed by atoms with Crippen molar-refractivity contribution in [2.75, 3.05) is 14.1 Å². The van der Waals surface area contributed by atoms with E-state index in [-0.39, 0.29) is 0 Å². The van der Waals surface area contributed by atoms with Gasteiger partial charge in [0.2, 0.25) is 0 Å². The predicted molar refractivity (Wildman–Crippen MR) is 109 cm³/mol. The van der Waals surface area contributed by atoms with Gasteiger partial charge in [-0.2, -0.15) is 0 Å². The van der Waals surface area contributed by atoms with Crippen molar-refractivity contribution in [3.05, 3.63) is 71.5 Å². The van der Waals surface area contributed by atoms with Crippen LogP contribution < -0.4 is 5.30 Å². The molecule has 0 aromatic heterocycles. The summed E-state index contributed by atoms with van der Waals surface area (Å²) in [5.41, 5.74) is 7.39. The Kier molecular flexibility index (Phi) is 6.80. The molecule has 1 unspecified atom stereocenters. The molecular formula is C22H26NP. The molecule has 2 atom stereocenters. The van der Waals surface area contributed by atoms with Crippen LogP contribution in [0.2, 0.25) is 0 Å². The van der Waals surface area contributed by atoms with Crippen molar-refractivity contribution >= 4 is 18.8 Å². The van der Waals surface area contributed by atoms with Gasteiger partial charge >= 0.3 is 0 Å². The van der Waals surface area contributed by atoms with Gasteiger partial charge in [-0.05, 0) is 62.7 Å². The van der Waals surface area contributed by atoms with E-state index < -0.39 is 7.92 Å². The zero-order valence-corrected chi connectivity index (χ0v) is 16.1. The molecule has 124 valence electrons. The summed E-state index contributed by atoms with van der Waals surface area (Å²) in [6.45, 7) is 6.37. The first kappa shape index (κ1) is 18.5. The largest absolute Gasteiger partial charge is 0.303 e. The third kappa shape index (κ3) is 4.57. The molecule has 0 aliphatic rings. The van der Waals surface area contributed by atoms with Gasteiger partial charge in [0.15, 0.2) is 0 Å². The highest BCUT2D eigenvalue weighted by Crippen LogP contribution is 2.39. The first-order chi connectivity index (χ1) is 11.5. The molecule has 2 rings (SSSR count). The van der Waals surface area contributed by atoms with Gasteiger partial charge in [-0.15, -0.1) is 5.92 Å². The van der Waals surface area contributed by atoms with Crippen LogP contribution in [0, 0.1) is 11.6 Å². The van der Waals surface area contributed by atoms with Crippen molar-refractivity contribution in [3.8, 4) is 11.6 Å². The zero-order valence-electron chi connectivity index (χ0n) is 15.2. The average molecular weight is 335 g/mol. The molecule has 0 saturated carbocycles. The van der Waals surface area contributed by atoms with E-state index in [4.69, 9.17) is 0 Å². The molecule has 2 heteroatoms. The van der Waals surface area contributed by atoms with E-state index in [0.717, 1.165) is 0 Å². The van der Waals surface area contributed by atoms with Crippen LogP contribution in [0.3, 0.4) is 0 Å². The molecule has 24 heavy (non-hydrogen) atoms. The maximum atomic E-state index is 3.40. The van der Waals surface area contributed by atoms with Gasteiger partial charge in [-0.1, -0.05) is 60.3 Å². The van der Waals surface area contributed by atoms with Crippen molar-refractivity contribution < 1.29 is 0 Å². The fourth-order valence-electron chi connectivity index (χ4n) is 2.64. The van der Waals surface area contributed by atoms with Crippen LogP contribution in [0.4, 0.5) is 0 Å². The van der Waals surface area contributed by atoms with E-state index in [0.29, 0.717) is 6.04 Å². The summed E-state index contributed by atoms with van der Waals surface area (Å²) >= 11 is 0. The third-order valence-electron chi connectivity index (χ3n) is 4.20. The van der Waals surface area contributed by atoms with Gasteiger partial charge in [-0.3, -0.25) is 0 Å². The maximum Gasteiger partial charge on any atom is 0.0319 e. The molecular weight excluding hydrogens is 309 g/mol. The Morgan fingerprint density at radius 2 is 1.67 bits per heavy atom. The fourth-order valence-corrected chi connectivity index (χ4v) is 4.25. The van der Waals surface area contributed by atoms with E-state index in [9.17, 15) is 0 Å². The van der Waals surface area contributed by atoms with E-state index >= 15 is 0 Å². The van der Waals surface area contributed by atoms with Crippen molar-refractivity contribution in [2.24, 2.45) is 0 Å². The molecule has 0 N–H and O–H groups in total. The Balaban J connectivity index is 2.44. The molecule has 0 heterocycles. The molecule has 0 amide bonds. The monoisotopic (exact) mass is 335 g/mol. The van der Waals surface area contributed by atoms with Crippen LogP contribution in [0.1, 0.15) is 37.9 Å². The van der Waals surface area contributed by atoms with E-state index in [1.807, 2.05) is 6.92 Å². The average Bonchev–Trinajstić information content (AvgIpc) is 2.61. The molecule has 0 aliphatic heterocycles. The van der Waals surface area contributed by atoms with Gasteiger partial charge in [0.1, 0.15) is 0 Å². The maximum absolute atomic E-state index is 3.40. The Morgan fingerprint density at radius 1 is 1.04 bits per heavy atom. The highest BCUT2D eigenvalue weighted by Gasteiger charge is 2.14. The summed E-state index contributed by atoms with van der Waals surface area (Å²) in [5.74, 6) is 5.45. The second kappa shape index (κ2) is 8.84. The molecule has 0 spiro atoms. The molecule has 1 nitrogen and oxygen atoms in total. The Bertz CT molecular complexity index is 750. The first-order valence-corrected chi connectivity index (χ1v) is 9.66. The second-order valence-corrected chi connectivity index (χ2v) is 7.84. The Hall–Kier alpha value is -1.87. The number of allylic oxidation sites excluding steroid dienone is 1. The first-order valence-electron chi connectivity index (χ1n) is 8.25. The summed E-state index contributed by atoms with van der Waals surface area (Å²) in [7, 11) is 3.65. The lowest BCUT2D eigenvalue weighted by molar-refractivity contribution is 0.321. The highest BCUT2D eigenvalue weighted by molar-refractivity contribution is 7.73. The molecule has 2 aromatic rings. The van der Waals surface area contributed by atoms with Gasteiger partial charge in [0, 0.05) is 14.0 Å². The summed E-state index contributed by atoms with van der Waals surface area (Å²) < 4.78 is 0. The summed E-state index contributed by atoms with van der Waals surface area (Å²) in [5, 5.41) is 1.30. The minimum absolute atomic E-state index is 0.379. The van der Waals surface area contributed by atoms with Crippen LogP contribution >= 0.6 is 7.92 Å². The number of hydrogen-bond donors (Lipinski definition) is 0. The molecule has 0 fully saturated rings. The van der Waals surface area contributed by atoms with Crippen molar-refractivity contribution in [1.82, 2.24) is 4.90 Å². The van der Waals surface area contributed by atoms with E-state index in [2.05, 4.69) is 105 Å². The summed E-state index contributed by atoms with van der Waals surface area (Å²) in [6.07, 6.45) is 0. The quantitative estimate of drug-likeness (QED) is 0.518. The molecule has 0 radical (unpaired) electrons. The molecule has 2 aromatic carbocycles. The molecule has 0 aliphatic carbocycles. The molecule has 0 bridgehead atoms. The van der Waals surface area contributed by atoms with Crippen LogP contribution in [0.15, 0.2) is 60.4 Å². The SMILES string of the molecule is CC#CP(C=C(C)c1ccccc1[C@@H](C)N(C)C)c1ccccc1. The summed E-state index contributed by atoms with van der Waals surface area (Å²) in [4.78, 5) is 2.25. The van der Waals surface area contributed by atoms with E-state index in [1.54, 1.807) is 0 Å². The zero-order chi connectivity index (χ0) is 17.5. The van der Waals surface area contributed by atoms with Gasteiger partial charge < -0.3 is 4.90 Å².